The number of amides is 1. The van der Waals surface area contributed by atoms with Crippen molar-refractivity contribution in [3.8, 4) is 11.5 Å². The van der Waals surface area contributed by atoms with Crippen molar-refractivity contribution in [3.63, 3.8) is 0 Å². The van der Waals surface area contributed by atoms with E-state index in [2.05, 4.69) is 20.9 Å². The van der Waals surface area contributed by atoms with Gasteiger partial charge in [0, 0.05) is 38.2 Å². The van der Waals surface area contributed by atoms with Crippen LogP contribution in [-0.2, 0) is 0 Å². The summed E-state index contributed by atoms with van der Waals surface area (Å²) in [5.74, 6) is 1.53. The Hall–Kier alpha value is -2.49. The molecule has 2 rings (SSSR count). The molecule has 158 valence electrons. The van der Waals surface area contributed by atoms with Crippen molar-refractivity contribution in [1.82, 2.24) is 16.0 Å². The van der Waals surface area contributed by atoms with Gasteiger partial charge in [0.15, 0.2) is 5.96 Å². The van der Waals surface area contributed by atoms with E-state index in [-0.39, 0.29) is 35.6 Å². The molecule has 0 unspecified atom stereocenters. The summed E-state index contributed by atoms with van der Waals surface area (Å²) in [7, 11) is 0. The summed E-state index contributed by atoms with van der Waals surface area (Å²) in [4.78, 5) is 16.5. The number of ether oxygens (including phenoxy) is 1. The van der Waals surface area contributed by atoms with Gasteiger partial charge in [-0.05, 0) is 43.3 Å². The number of phenols is 1. The molecule has 2 aromatic rings. The molecule has 0 fully saturated rings. The highest BCUT2D eigenvalue weighted by atomic mass is 127. The summed E-state index contributed by atoms with van der Waals surface area (Å²) in [6.45, 7) is 5.02. The summed E-state index contributed by atoms with van der Waals surface area (Å²) < 4.78 is 5.65. The number of carbonyl (C=O) groups is 1. The molecular weight excluding hydrogens is 483 g/mol. The highest BCUT2D eigenvalue weighted by Gasteiger charge is 2.04. The summed E-state index contributed by atoms with van der Waals surface area (Å²) in [5.41, 5.74) is 0.511. The van der Waals surface area contributed by atoms with Crippen LogP contribution < -0.4 is 20.7 Å². The SMILES string of the molecule is CCNC(=NCCCOc1ccccc1)NCCNC(=O)c1ccc(O)cc1.I. The molecule has 0 radical (unpaired) electrons. The van der Waals surface area contributed by atoms with E-state index in [9.17, 15) is 9.90 Å². The van der Waals surface area contributed by atoms with Crippen LogP contribution in [0.1, 0.15) is 23.7 Å². The largest absolute Gasteiger partial charge is 0.508 e. The number of hydrogen-bond acceptors (Lipinski definition) is 4. The summed E-state index contributed by atoms with van der Waals surface area (Å²) in [6, 6.07) is 15.9. The molecule has 0 aliphatic carbocycles. The van der Waals surface area contributed by atoms with E-state index in [1.165, 1.54) is 12.1 Å². The minimum absolute atomic E-state index is 0. The molecule has 4 N–H and O–H groups in total. The third-order valence-corrected chi connectivity index (χ3v) is 3.76. The molecule has 0 saturated carbocycles. The van der Waals surface area contributed by atoms with Crippen LogP contribution in [0.4, 0.5) is 0 Å². The zero-order valence-corrected chi connectivity index (χ0v) is 18.9. The second-order valence-corrected chi connectivity index (χ2v) is 6.01. The van der Waals surface area contributed by atoms with Crippen LogP contribution in [-0.4, -0.2) is 49.8 Å². The Morgan fingerprint density at radius 2 is 1.69 bits per heavy atom. The van der Waals surface area contributed by atoms with Gasteiger partial charge >= 0.3 is 0 Å². The van der Waals surface area contributed by atoms with Crippen LogP contribution in [0.3, 0.4) is 0 Å². The molecule has 29 heavy (non-hydrogen) atoms. The Morgan fingerprint density at radius 1 is 1.00 bits per heavy atom. The van der Waals surface area contributed by atoms with Crippen LogP contribution in [0.2, 0.25) is 0 Å². The first-order chi connectivity index (χ1) is 13.7. The average molecular weight is 512 g/mol. The van der Waals surface area contributed by atoms with E-state index in [0.717, 1.165) is 18.7 Å². The summed E-state index contributed by atoms with van der Waals surface area (Å²) >= 11 is 0. The molecule has 0 aliphatic rings. The molecule has 7 nitrogen and oxygen atoms in total. The average Bonchev–Trinajstić information content (AvgIpc) is 2.72. The predicted molar refractivity (Wildman–Crippen MR) is 126 cm³/mol. The minimum Gasteiger partial charge on any atom is -0.508 e. The van der Waals surface area contributed by atoms with E-state index in [1.54, 1.807) is 12.1 Å². The van der Waals surface area contributed by atoms with Gasteiger partial charge in [-0.25, -0.2) is 0 Å². The maximum Gasteiger partial charge on any atom is 0.251 e. The Morgan fingerprint density at radius 3 is 2.38 bits per heavy atom. The van der Waals surface area contributed by atoms with E-state index in [4.69, 9.17) is 4.74 Å². The molecule has 0 saturated heterocycles. The molecule has 0 aliphatic heterocycles. The Bertz CT molecular complexity index is 739. The number of rotatable bonds is 10. The first-order valence-electron chi connectivity index (χ1n) is 9.46. The fourth-order valence-electron chi connectivity index (χ4n) is 2.38. The molecule has 8 heteroatoms. The standard InChI is InChI=1S/C21H28N4O3.HI/c1-2-22-21(24-13-6-16-28-19-7-4-3-5-8-19)25-15-14-23-20(27)17-9-11-18(26)12-10-17;/h3-5,7-12,26H,2,6,13-16H2,1H3,(H,23,27)(H2,22,24,25);1H. The van der Waals surface area contributed by atoms with Crippen LogP contribution in [0.5, 0.6) is 11.5 Å². The van der Waals surface area contributed by atoms with Gasteiger partial charge in [0.2, 0.25) is 0 Å². The van der Waals surface area contributed by atoms with Gasteiger partial charge in [-0.3, -0.25) is 9.79 Å². The zero-order chi connectivity index (χ0) is 20.0. The normalized spacial score (nSPS) is 10.6. The lowest BCUT2D eigenvalue weighted by Gasteiger charge is -2.12. The number of hydrogen-bond donors (Lipinski definition) is 4. The van der Waals surface area contributed by atoms with Gasteiger partial charge in [-0.15, -0.1) is 24.0 Å². The molecule has 0 heterocycles. The highest BCUT2D eigenvalue weighted by Crippen LogP contribution is 2.09. The van der Waals surface area contributed by atoms with Crippen LogP contribution in [0.25, 0.3) is 0 Å². The van der Waals surface area contributed by atoms with E-state index in [0.29, 0.717) is 37.8 Å². The third kappa shape index (κ3) is 10.0. The van der Waals surface area contributed by atoms with E-state index < -0.39 is 0 Å². The van der Waals surface area contributed by atoms with Crippen molar-refractivity contribution in [2.75, 3.05) is 32.8 Å². The molecule has 1 amide bonds. The minimum atomic E-state index is -0.179. The Kier molecular flexibility index (Phi) is 12.3. The number of aromatic hydroxyl groups is 1. The van der Waals surface area contributed by atoms with Gasteiger partial charge in [0.1, 0.15) is 11.5 Å². The van der Waals surface area contributed by atoms with E-state index >= 15 is 0 Å². The Balaban J connectivity index is 0.00000420. The van der Waals surface area contributed by atoms with Crippen LogP contribution >= 0.6 is 24.0 Å². The van der Waals surface area contributed by atoms with Gasteiger partial charge in [0.05, 0.1) is 6.61 Å². The second-order valence-electron chi connectivity index (χ2n) is 6.01. The molecule has 0 atom stereocenters. The van der Waals surface area contributed by atoms with Gasteiger partial charge in [-0.2, -0.15) is 0 Å². The quantitative estimate of drug-likeness (QED) is 0.170. The number of aliphatic imine (C=N–C) groups is 1. The van der Waals surface area contributed by atoms with Crippen LogP contribution in [0, 0.1) is 0 Å². The summed E-state index contributed by atoms with van der Waals surface area (Å²) in [6.07, 6.45) is 0.809. The first kappa shape index (κ1) is 24.5. The number of para-hydroxylation sites is 1. The molecule has 0 aromatic heterocycles. The number of nitrogens with one attached hydrogen (secondary N) is 3. The number of phenolic OH excluding ortho intramolecular Hbond substituents is 1. The molecular formula is C21H29IN4O3. The lowest BCUT2D eigenvalue weighted by molar-refractivity contribution is 0.0954. The van der Waals surface area contributed by atoms with Gasteiger partial charge in [0.25, 0.3) is 5.91 Å². The lowest BCUT2D eigenvalue weighted by atomic mass is 10.2. The first-order valence-corrected chi connectivity index (χ1v) is 9.46. The van der Waals surface area contributed by atoms with Crippen molar-refractivity contribution in [1.29, 1.82) is 0 Å². The van der Waals surface area contributed by atoms with Crippen molar-refractivity contribution >= 4 is 35.8 Å². The molecule has 0 spiro atoms. The molecule has 2 aromatic carbocycles. The molecule has 0 bridgehead atoms. The topological polar surface area (TPSA) is 95.0 Å². The third-order valence-electron chi connectivity index (χ3n) is 3.76. The van der Waals surface area contributed by atoms with E-state index in [1.807, 2.05) is 37.3 Å². The van der Waals surface area contributed by atoms with Crippen molar-refractivity contribution < 1.29 is 14.6 Å². The number of guanidine groups is 1. The number of benzene rings is 2. The highest BCUT2D eigenvalue weighted by molar-refractivity contribution is 14.0. The fraction of sp³-hybridized carbons (Fsp3) is 0.333. The van der Waals surface area contributed by atoms with Gasteiger partial charge in [-0.1, -0.05) is 18.2 Å². The lowest BCUT2D eigenvalue weighted by Crippen LogP contribution is -2.41. The van der Waals surface area contributed by atoms with Crippen molar-refractivity contribution in [2.24, 2.45) is 4.99 Å². The predicted octanol–water partition coefficient (Wildman–Crippen LogP) is 2.76. The monoisotopic (exact) mass is 512 g/mol. The van der Waals surface area contributed by atoms with Crippen molar-refractivity contribution in [3.05, 3.63) is 60.2 Å². The van der Waals surface area contributed by atoms with Gasteiger partial charge < -0.3 is 25.8 Å². The fourth-order valence-corrected chi connectivity index (χ4v) is 2.38. The number of carbonyl (C=O) groups excluding carboxylic acids is 1. The van der Waals surface area contributed by atoms with Crippen LogP contribution in [0.15, 0.2) is 59.6 Å². The smallest absolute Gasteiger partial charge is 0.251 e. The van der Waals surface area contributed by atoms with Crippen molar-refractivity contribution in [2.45, 2.75) is 13.3 Å². The summed E-state index contributed by atoms with van der Waals surface area (Å²) in [5, 5.41) is 18.4. The number of halogens is 1. The second kappa shape index (κ2) is 14.5. The maximum atomic E-state index is 12.0. The Labute approximate surface area is 189 Å². The zero-order valence-electron chi connectivity index (χ0n) is 16.6. The maximum absolute atomic E-state index is 12.0. The number of nitrogens with zero attached hydrogens (tertiary/aromatic N) is 1.